The van der Waals surface area contributed by atoms with Gasteiger partial charge in [0.25, 0.3) is 11.6 Å². The Morgan fingerprint density at radius 1 is 1.37 bits per heavy atom. The highest BCUT2D eigenvalue weighted by atomic mass is 16.6. The van der Waals surface area contributed by atoms with Gasteiger partial charge in [0.2, 0.25) is 0 Å². The summed E-state index contributed by atoms with van der Waals surface area (Å²) < 4.78 is 6.13. The second-order valence-electron chi connectivity index (χ2n) is 6.40. The monoisotopic (exact) mass is 374 g/mol. The Morgan fingerprint density at radius 2 is 2.11 bits per heavy atom. The Hall–Kier alpha value is -3.23. The number of imidazole rings is 1. The van der Waals surface area contributed by atoms with Crippen LogP contribution >= 0.6 is 0 Å². The molecule has 0 saturated heterocycles. The van der Waals surface area contributed by atoms with E-state index >= 15 is 0 Å². The largest absolute Gasteiger partial charge is 0.469 e. The lowest BCUT2D eigenvalue weighted by Crippen LogP contribution is -2.36. The van der Waals surface area contributed by atoms with Crippen LogP contribution in [0.5, 0.6) is 0 Å². The van der Waals surface area contributed by atoms with E-state index in [4.69, 9.17) is 0 Å². The summed E-state index contributed by atoms with van der Waals surface area (Å²) in [7, 11) is 1.29. The summed E-state index contributed by atoms with van der Waals surface area (Å²) in [6.45, 7) is 4.50. The van der Waals surface area contributed by atoms with Crippen molar-refractivity contribution in [1.82, 2.24) is 14.5 Å². The first-order valence-electron chi connectivity index (χ1n) is 8.46. The molecule has 2 rings (SSSR count). The Balaban J connectivity index is 2.32. The van der Waals surface area contributed by atoms with E-state index in [1.165, 1.54) is 47.3 Å². The predicted molar refractivity (Wildman–Crippen MR) is 97.6 cm³/mol. The highest BCUT2D eigenvalue weighted by molar-refractivity contribution is 5.95. The highest BCUT2D eigenvalue weighted by Crippen LogP contribution is 2.25. The SMILES string of the molecule is COC(=O)CCN(CC(C)C)C(=O)c1ccc(-n2ccnc2)c([N+](=O)[O-])c1. The lowest BCUT2D eigenvalue weighted by Gasteiger charge is -2.24. The average Bonchev–Trinajstić information content (AvgIpc) is 3.17. The molecule has 1 heterocycles. The summed E-state index contributed by atoms with van der Waals surface area (Å²) in [4.78, 5) is 40.7. The number of rotatable bonds is 8. The number of esters is 1. The molecule has 0 N–H and O–H groups in total. The van der Waals surface area contributed by atoms with Crippen molar-refractivity contribution in [3.63, 3.8) is 0 Å². The summed E-state index contributed by atoms with van der Waals surface area (Å²) in [5.41, 5.74) is 0.311. The number of hydrogen-bond donors (Lipinski definition) is 0. The topological polar surface area (TPSA) is 108 Å². The number of ether oxygens (including phenoxy) is 1. The van der Waals surface area contributed by atoms with Crippen molar-refractivity contribution in [2.24, 2.45) is 5.92 Å². The molecule has 9 nitrogen and oxygen atoms in total. The minimum Gasteiger partial charge on any atom is -0.469 e. The van der Waals surface area contributed by atoms with Crippen molar-refractivity contribution in [2.75, 3.05) is 20.2 Å². The first-order valence-corrected chi connectivity index (χ1v) is 8.46. The van der Waals surface area contributed by atoms with Crippen LogP contribution in [0.2, 0.25) is 0 Å². The van der Waals surface area contributed by atoms with Crippen LogP contribution in [0.3, 0.4) is 0 Å². The first kappa shape index (κ1) is 20.1. The molecular weight excluding hydrogens is 352 g/mol. The fourth-order valence-corrected chi connectivity index (χ4v) is 2.65. The van der Waals surface area contributed by atoms with E-state index in [-0.39, 0.29) is 36.0 Å². The van der Waals surface area contributed by atoms with Gasteiger partial charge >= 0.3 is 5.97 Å². The minimum atomic E-state index is -0.534. The number of amides is 1. The van der Waals surface area contributed by atoms with Crippen LogP contribution in [0.25, 0.3) is 5.69 Å². The van der Waals surface area contributed by atoms with E-state index in [1.54, 1.807) is 6.20 Å². The fourth-order valence-electron chi connectivity index (χ4n) is 2.65. The van der Waals surface area contributed by atoms with E-state index in [2.05, 4.69) is 9.72 Å². The maximum atomic E-state index is 12.9. The molecule has 0 fully saturated rings. The molecule has 0 aliphatic heterocycles. The molecule has 0 bridgehead atoms. The molecule has 1 amide bonds. The van der Waals surface area contributed by atoms with Gasteiger partial charge in [-0.1, -0.05) is 13.8 Å². The van der Waals surface area contributed by atoms with Crippen LogP contribution in [-0.4, -0.2) is 51.5 Å². The third-order valence-corrected chi connectivity index (χ3v) is 3.89. The molecule has 2 aromatic rings. The third-order valence-electron chi connectivity index (χ3n) is 3.89. The van der Waals surface area contributed by atoms with Gasteiger partial charge in [0.1, 0.15) is 5.69 Å². The number of nitrogens with zero attached hydrogens (tertiary/aromatic N) is 4. The van der Waals surface area contributed by atoms with Crippen molar-refractivity contribution < 1.29 is 19.2 Å². The van der Waals surface area contributed by atoms with Crippen LogP contribution in [0.15, 0.2) is 36.9 Å². The molecule has 27 heavy (non-hydrogen) atoms. The van der Waals surface area contributed by atoms with Gasteiger partial charge in [-0.2, -0.15) is 0 Å². The Kier molecular flexibility index (Phi) is 6.64. The molecule has 0 radical (unpaired) electrons. The van der Waals surface area contributed by atoms with Gasteiger partial charge in [-0.25, -0.2) is 4.98 Å². The summed E-state index contributed by atoms with van der Waals surface area (Å²) in [5, 5.41) is 11.5. The molecule has 0 saturated carbocycles. The van der Waals surface area contributed by atoms with Crippen molar-refractivity contribution in [3.8, 4) is 5.69 Å². The van der Waals surface area contributed by atoms with E-state index in [1.807, 2.05) is 13.8 Å². The Labute approximate surface area is 156 Å². The molecule has 0 aliphatic carbocycles. The standard InChI is InChI=1S/C18H22N4O5/c1-13(2)11-20(8-6-17(23)27-3)18(24)14-4-5-15(16(10-14)22(25)26)21-9-7-19-12-21/h4-5,7,9-10,12-13H,6,8,11H2,1-3H3. The van der Waals surface area contributed by atoms with E-state index in [0.29, 0.717) is 12.2 Å². The van der Waals surface area contributed by atoms with Crippen molar-refractivity contribution >= 4 is 17.6 Å². The molecular formula is C18H22N4O5. The van der Waals surface area contributed by atoms with Gasteiger partial charge in [0.05, 0.1) is 24.8 Å². The maximum Gasteiger partial charge on any atom is 0.307 e. The van der Waals surface area contributed by atoms with Crippen molar-refractivity contribution in [3.05, 3.63) is 52.6 Å². The van der Waals surface area contributed by atoms with Gasteiger partial charge in [0, 0.05) is 37.1 Å². The lowest BCUT2D eigenvalue weighted by molar-refractivity contribution is -0.384. The number of aromatic nitrogens is 2. The van der Waals surface area contributed by atoms with Gasteiger partial charge in [-0.15, -0.1) is 0 Å². The normalized spacial score (nSPS) is 10.7. The zero-order chi connectivity index (χ0) is 20.0. The number of carbonyl (C=O) groups is 2. The number of nitro groups is 1. The van der Waals surface area contributed by atoms with E-state index < -0.39 is 10.9 Å². The number of hydrogen-bond acceptors (Lipinski definition) is 6. The van der Waals surface area contributed by atoms with E-state index in [0.717, 1.165) is 0 Å². The van der Waals surface area contributed by atoms with Crippen LogP contribution in [0, 0.1) is 16.0 Å². The number of benzene rings is 1. The van der Waals surface area contributed by atoms with Crippen molar-refractivity contribution in [2.45, 2.75) is 20.3 Å². The maximum absolute atomic E-state index is 12.9. The zero-order valence-corrected chi connectivity index (χ0v) is 15.5. The van der Waals surface area contributed by atoms with E-state index in [9.17, 15) is 19.7 Å². The lowest BCUT2D eigenvalue weighted by atomic mass is 10.1. The quantitative estimate of drug-likeness (QED) is 0.399. The number of nitro benzene ring substituents is 1. The average molecular weight is 374 g/mol. The molecule has 0 atom stereocenters. The molecule has 1 aromatic heterocycles. The molecule has 144 valence electrons. The summed E-state index contributed by atoms with van der Waals surface area (Å²) in [5.74, 6) is -0.613. The Bertz CT molecular complexity index is 817. The zero-order valence-electron chi connectivity index (χ0n) is 15.5. The van der Waals surface area contributed by atoms with Crippen LogP contribution < -0.4 is 0 Å². The second kappa shape index (κ2) is 8.93. The van der Waals surface area contributed by atoms with Crippen LogP contribution in [-0.2, 0) is 9.53 Å². The summed E-state index contributed by atoms with van der Waals surface area (Å²) in [6.07, 6.45) is 4.61. The predicted octanol–water partition coefficient (Wildman–Crippen LogP) is 2.44. The molecule has 9 heteroatoms. The van der Waals surface area contributed by atoms with Gasteiger partial charge in [-0.05, 0) is 18.1 Å². The molecule has 0 unspecified atom stereocenters. The van der Waals surface area contributed by atoms with Gasteiger partial charge < -0.3 is 14.2 Å². The summed E-state index contributed by atoms with van der Waals surface area (Å²) >= 11 is 0. The first-order chi connectivity index (χ1) is 12.8. The highest BCUT2D eigenvalue weighted by Gasteiger charge is 2.23. The molecule has 1 aromatic carbocycles. The summed E-state index contributed by atoms with van der Waals surface area (Å²) in [6, 6.07) is 4.31. The number of methoxy groups -OCH3 is 1. The molecule has 0 aliphatic rings. The minimum absolute atomic E-state index is 0.0597. The number of carbonyl (C=O) groups excluding carboxylic acids is 2. The van der Waals surface area contributed by atoms with Crippen LogP contribution in [0.4, 0.5) is 5.69 Å². The Morgan fingerprint density at radius 3 is 2.67 bits per heavy atom. The molecule has 0 spiro atoms. The van der Waals surface area contributed by atoms with Crippen LogP contribution in [0.1, 0.15) is 30.6 Å². The third kappa shape index (κ3) is 5.13. The van der Waals surface area contributed by atoms with Gasteiger partial charge in [0.15, 0.2) is 0 Å². The smallest absolute Gasteiger partial charge is 0.307 e. The van der Waals surface area contributed by atoms with Gasteiger partial charge in [-0.3, -0.25) is 19.7 Å². The van der Waals surface area contributed by atoms with Crippen molar-refractivity contribution in [1.29, 1.82) is 0 Å². The fraction of sp³-hybridized carbons (Fsp3) is 0.389. The second-order valence-corrected chi connectivity index (χ2v) is 6.40.